The molecule has 0 aromatic carbocycles. The van der Waals surface area contributed by atoms with Crippen molar-refractivity contribution < 1.29 is 18.7 Å². The van der Waals surface area contributed by atoms with Crippen molar-refractivity contribution >= 4 is 11.8 Å². The highest BCUT2D eigenvalue weighted by atomic mass is 16.5. The number of hydrogen-bond acceptors (Lipinski definition) is 5. The summed E-state index contributed by atoms with van der Waals surface area (Å²) in [5.74, 6) is -0.259. The van der Waals surface area contributed by atoms with Crippen LogP contribution in [0.4, 0.5) is 0 Å². The fraction of sp³-hybridized carbons (Fsp3) is 0.267. The fourth-order valence-corrected chi connectivity index (χ4v) is 2.62. The second-order valence-electron chi connectivity index (χ2n) is 4.94. The highest BCUT2D eigenvalue weighted by molar-refractivity contribution is 6.01. The molecule has 21 heavy (non-hydrogen) atoms. The normalized spacial score (nSPS) is 17.4. The van der Waals surface area contributed by atoms with E-state index in [-0.39, 0.29) is 23.7 Å². The van der Waals surface area contributed by atoms with Crippen molar-refractivity contribution in [3.8, 4) is 0 Å². The number of rotatable bonds is 2. The monoisotopic (exact) mass is 287 g/mol. The first-order valence-corrected chi connectivity index (χ1v) is 6.51. The Kier molecular flexibility index (Phi) is 3.21. The summed E-state index contributed by atoms with van der Waals surface area (Å²) in [6, 6.07) is 4.89. The smallest absolute Gasteiger partial charge is 0.343 e. The fourth-order valence-electron chi connectivity index (χ4n) is 2.62. The summed E-state index contributed by atoms with van der Waals surface area (Å²) in [7, 11) is 1.19. The van der Waals surface area contributed by atoms with Gasteiger partial charge in [-0.25, -0.2) is 4.79 Å². The van der Waals surface area contributed by atoms with Crippen molar-refractivity contribution in [3.63, 3.8) is 0 Å². The van der Waals surface area contributed by atoms with Gasteiger partial charge in [0.05, 0.1) is 13.4 Å². The van der Waals surface area contributed by atoms with Gasteiger partial charge in [-0.1, -0.05) is 0 Å². The Bertz CT molecular complexity index is 757. The van der Waals surface area contributed by atoms with Gasteiger partial charge < -0.3 is 14.1 Å². The molecular weight excluding hydrogens is 274 g/mol. The molecule has 1 N–H and O–H groups in total. The minimum atomic E-state index is -0.750. The third-order valence-corrected chi connectivity index (χ3v) is 3.66. The molecule has 0 spiro atoms. The van der Waals surface area contributed by atoms with Crippen LogP contribution in [0, 0.1) is 0 Å². The maximum atomic E-state index is 12.2. The van der Waals surface area contributed by atoms with Gasteiger partial charge in [-0.15, -0.1) is 0 Å². The molecule has 0 saturated carbocycles. The van der Waals surface area contributed by atoms with Gasteiger partial charge in [0.1, 0.15) is 11.3 Å². The number of Topliss-reactive ketones (excluding diaryl/α,β-unsaturated/α-hetero) is 1. The van der Waals surface area contributed by atoms with E-state index in [1.807, 2.05) is 6.07 Å². The number of nitrogens with one attached hydrogen (secondary N) is 1. The molecule has 2 aromatic heterocycles. The molecule has 0 bridgehead atoms. The van der Waals surface area contributed by atoms with Crippen LogP contribution in [0.15, 0.2) is 33.7 Å². The van der Waals surface area contributed by atoms with E-state index in [0.717, 1.165) is 0 Å². The van der Waals surface area contributed by atoms with E-state index in [2.05, 4.69) is 9.72 Å². The van der Waals surface area contributed by atoms with Crippen LogP contribution in [-0.2, 0) is 11.2 Å². The van der Waals surface area contributed by atoms with Crippen molar-refractivity contribution in [1.82, 2.24) is 4.98 Å². The molecule has 0 amide bonds. The lowest BCUT2D eigenvalue weighted by Crippen LogP contribution is -2.27. The zero-order chi connectivity index (χ0) is 15.0. The third-order valence-electron chi connectivity index (χ3n) is 3.66. The van der Waals surface area contributed by atoms with Gasteiger partial charge in [0.2, 0.25) is 0 Å². The Morgan fingerprint density at radius 2 is 2.19 bits per heavy atom. The van der Waals surface area contributed by atoms with Crippen LogP contribution in [0.25, 0.3) is 0 Å². The summed E-state index contributed by atoms with van der Waals surface area (Å²) in [4.78, 5) is 38.3. The van der Waals surface area contributed by atoms with Crippen LogP contribution >= 0.6 is 0 Å². The molecule has 6 nitrogen and oxygen atoms in total. The molecule has 0 fully saturated rings. The molecule has 0 aliphatic heterocycles. The third kappa shape index (κ3) is 2.29. The zero-order valence-corrected chi connectivity index (χ0v) is 11.3. The highest BCUT2D eigenvalue weighted by Crippen LogP contribution is 2.31. The molecular formula is C15H13NO5. The molecule has 1 aliphatic rings. The predicted octanol–water partition coefficient (Wildman–Crippen LogP) is 1.67. The average Bonchev–Trinajstić information content (AvgIpc) is 3.00. The summed E-state index contributed by atoms with van der Waals surface area (Å²) in [5, 5.41) is 0. The maximum Gasteiger partial charge on any atom is 0.343 e. The van der Waals surface area contributed by atoms with Crippen LogP contribution in [0.5, 0.6) is 0 Å². The second kappa shape index (κ2) is 5.05. The number of ether oxygens (including phenoxy) is 1. The lowest BCUT2D eigenvalue weighted by atomic mass is 9.84. The average molecular weight is 287 g/mol. The molecule has 2 aromatic rings. The number of hydrogen-bond donors (Lipinski definition) is 1. The first kappa shape index (κ1) is 13.4. The van der Waals surface area contributed by atoms with Crippen LogP contribution in [0.1, 0.15) is 44.5 Å². The van der Waals surface area contributed by atoms with Gasteiger partial charge in [0.15, 0.2) is 5.78 Å². The highest BCUT2D eigenvalue weighted by Gasteiger charge is 2.30. The van der Waals surface area contributed by atoms with Gasteiger partial charge >= 0.3 is 5.97 Å². The van der Waals surface area contributed by atoms with Gasteiger partial charge in [0, 0.05) is 23.6 Å². The number of aromatic nitrogens is 1. The van der Waals surface area contributed by atoms with Crippen molar-refractivity contribution in [1.29, 1.82) is 0 Å². The quantitative estimate of drug-likeness (QED) is 0.848. The molecule has 2 heterocycles. The molecule has 108 valence electrons. The number of ketones is 1. The SMILES string of the molecule is COC(=O)c1cc2c([nH]c1=O)C[C@H](c1ccco1)CC2=O. The summed E-state index contributed by atoms with van der Waals surface area (Å²) in [6.45, 7) is 0. The van der Waals surface area contributed by atoms with E-state index in [0.29, 0.717) is 23.4 Å². The second-order valence-corrected chi connectivity index (χ2v) is 4.94. The van der Waals surface area contributed by atoms with E-state index in [1.54, 1.807) is 12.3 Å². The summed E-state index contributed by atoms with van der Waals surface area (Å²) in [5.41, 5.74) is 0.206. The van der Waals surface area contributed by atoms with Crippen LogP contribution < -0.4 is 5.56 Å². The summed E-state index contributed by atoms with van der Waals surface area (Å²) >= 11 is 0. The van der Waals surface area contributed by atoms with Crippen LogP contribution in [0.2, 0.25) is 0 Å². The van der Waals surface area contributed by atoms with Crippen molar-refractivity contribution in [3.05, 3.63) is 57.4 Å². The van der Waals surface area contributed by atoms with Crippen molar-refractivity contribution in [2.24, 2.45) is 0 Å². The largest absolute Gasteiger partial charge is 0.469 e. The van der Waals surface area contributed by atoms with Crippen molar-refractivity contribution in [2.75, 3.05) is 7.11 Å². The number of esters is 1. The molecule has 0 unspecified atom stereocenters. The predicted molar refractivity (Wildman–Crippen MR) is 72.5 cm³/mol. The molecule has 1 atom stereocenters. The van der Waals surface area contributed by atoms with E-state index in [9.17, 15) is 14.4 Å². The first-order chi connectivity index (χ1) is 10.1. The number of aromatic amines is 1. The summed E-state index contributed by atoms with van der Waals surface area (Å²) < 4.78 is 9.87. The molecule has 6 heteroatoms. The van der Waals surface area contributed by atoms with E-state index >= 15 is 0 Å². The Hall–Kier alpha value is -2.63. The van der Waals surface area contributed by atoms with E-state index < -0.39 is 11.5 Å². The van der Waals surface area contributed by atoms with Crippen molar-refractivity contribution in [2.45, 2.75) is 18.8 Å². The summed E-state index contributed by atoms with van der Waals surface area (Å²) in [6.07, 6.45) is 2.33. The van der Waals surface area contributed by atoms with Gasteiger partial charge in [-0.3, -0.25) is 9.59 Å². The Morgan fingerprint density at radius 1 is 1.38 bits per heavy atom. The minimum Gasteiger partial charge on any atom is -0.469 e. The Balaban J connectivity index is 2.03. The minimum absolute atomic E-state index is 0.0976. The molecule has 0 radical (unpaired) electrons. The standard InChI is InChI=1S/C15H13NO5/c1-20-15(19)10-7-9-11(16-14(10)18)5-8(6-12(9)17)13-3-2-4-21-13/h2-4,7-8H,5-6H2,1H3,(H,16,18)/t8-/m0/s1. The van der Waals surface area contributed by atoms with E-state index in [4.69, 9.17) is 4.42 Å². The van der Waals surface area contributed by atoms with Gasteiger partial charge in [0.25, 0.3) is 5.56 Å². The number of carbonyl (C=O) groups is 2. The number of furan rings is 1. The number of H-pyrrole nitrogens is 1. The number of pyridine rings is 1. The number of fused-ring (bicyclic) bond motifs is 1. The Morgan fingerprint density at radius 3 is 2.86 bits per heavy atom. The zero-order valence-electron chi connectivity index (χ0n) is 11.3. The molecule has 0 saturated heterocycles. The van der Waals surface area contributed by atoms with Gasteiger partial charge in [-0.2, -0.15) is 0 Å². The van der Waals surface area contributed by atoms with Crippen LogP contribution in [0.3, 0.4) is 0 Å². The van der Waals surface area contributed by atoms with Crippen LogP contribution in [-0.4, -0.2) is 23.8 Å². The first-order valence-electron chi connectivity index (χ1n) is 6.51. The topological polar surface area (TPSA) is 89.4 Å². The van der Waals surface area contributed by atoms with E-state index in [1.165, 1.54) is 13.2 Å². The number of methoxy groups -OCH3 is 1. The number of carbonyl (C=O) groups excluding carboxylic acids is 2. The molecule has 1 aliphatic carbocycles. The maximum absolute atomic E-state index is 12.2. The lowest BCUT2D eigenvalue weighted by Gasteiger charge is -2.21. The van der Waals surface area contributed by atoms with Gasteiger partial charge in [-0.05, 0) is 24.6 Å². The molecule has 3 rings (SSSR count). The Labute approximate surface area is 119 Å². The lowest BCUT2D eigenvalue weighted by molar-refractivity contribution is 0.0598.